The van der Waals surface area contributed by atoms with Crippen molar-refractivity contribution >= 4 is 15.7 Å². The molecule has 1 rings (SSSR count). The number of hydrogen-bond acceptors (Lipinski definition) is 3. The highest BCUT2D eigenvalue weighted by Crippen LogP contribution is 2.24. The van der Waals surface area contributed by atoms with E-state index in [4.69, 9.17) is 5.73 Å². The van der Waals surface area contributed by atoms with Gasteiger partial charge in [0.25, 0.3) is 0 Å². The first kappa shape index (κ1) is 17.0. The lowest BCUT2D eigenvalue weighted by Crippen LogP contribution is -2.38. The molecule has 20 heavy (non-hydrogen) atoms. The number of nitrogens with one attached hydrogen (secondary N) is 1. The molecule has 1 aromatic carbocycles. The molecule has 0 amide bonds. The fourth-order valence-corrected chi connectivity index (χ4v) is 3.95. The van der Waals surface area contributed by atoms with E-state index in [-0.39, 0.29) is 10.9 Å². The number of anilines is 1. The second-order valence-electron chi connectivity index (χ2n) is 5.46. The topological polar surface area (TPSA) is 72.2 Å². The van der Waals surface area contributed by atoms with Crippen LogP contribution in [-0.4, -0.2) is 14.5 Å². The van der Waals surface area contributed by atoms with Crippen LogP contribution < -0.4 is 10.5 Å². The summed E-state index contributed by atoms with van der Waals surface area (Å²) in [6, 6.07) is 3.26. The van der Waals surface area contributed by atoms with E-state index in [1.165, 1.54) is 0 Å². The summed E-state index contributed by atoms with van der Waals surface area (Å²) in [7, 11) is -3.57. The molecule has 0 aromatic heterocycles. The van der Waals surface area contributed by atoms with Crippen LogP contribution in [0.15, 0.2) is 17.0 Å². The zero-order chi connectivity index (χ0) is 15.5. The summed E-state index contributed by atoms with van der Waals surface area (Å²) in [6.07, 6.45) is 1.89. The van der Waals surface area contributed by atoms with Crippen molar-refractivity contribution in [2.45, 2.75) is 58.4 Å². The van der Waals surface area contributed by atoms with E-state index < -0.39 is 10.0 Å². The molecule has 4 nitrogen and oxygen atoms in total. The quantitative estimate of drug-likeness (QED) is 0.793. The van der Waals surface area contributed by atoms with Crippen LogP contribution in [-0.2, 0) is 10.0 Å². The number of sulfonamides is 1. The average molecular weight is 298 g/mol. The molecular formula is C15H26N2O2S. The number of aryl methyl sites for hydroxylation is 2. The summed E-state index contributed by atoms with van der Waals surface area (Å²) >= 11 is 0. The Morgan fingerprint density at radius 3 is 2.15 bits per heavy atom. The second-order valence-corrected chi connectivity index (χ2v) is 7.14. The van der Waals surface area contributed by atoms with Gasteiger partial charge in [-0.3, -0.25) is 0 Å². The maximum atomic E-state index is 12.5. The minimum atomic E-state index is -3.57. The van der Waals surface area contributed by atoms with Crippen LogP contribution in [0, 0.1) is 19.8 Å². The SMILES string of the molecule is CCC(CC)C(C)NS(=O)(=O)c1cc(C)c(C)cc1N. The molecule has 0 aliphatic carbocycles. The number of nitrogen functional groups attached to an aromatic ring is 1. The highest BCUT2D eigenvalue weighted by Gasteiger charge is 2.24. The van der Waals surface area contributed by atoms with Gasteiger partial charge < -0.3 is 5.73 Å². The third-order valence-electron chi connectivity index (χ3n) is 4.01. The molecule has 5 heteroatoms. The van der Waals surface area contributed by atoms with E-state index in [0.29, 0.717) is 11.6 Å². The van der Waals surface area contributed by atoms with Crippen LogP contribution in [0.2, 0.25) is 0 Å². The van der Waals surface area contributed by atoms with Gasteiger partial charge >= 0.3 is 0 Å². The number of benzene rings is 1. The Balaban J connectivity index is 3.09. The van der Waals surface area contributed by atoms with Gasteiger partial charge in [-0.2, -0.15) is 0 Å². The van der Waals surface area contributed by atoms with E-state index in [1.807, 2.05) is 20.8 Å². The van der Waals surface area contributed by atoms with E-state index in [1.54, 1.807) is 12.1 Å². The molecule has 0 saturated carbocycles. The van der Waals surface area contributed by atoms with Gasteiger partial charge in [0.15, 0.2) is 0 Å². The standard InChI is InChI=1S/C15H26N2O2S/c1-6-13(7-2)12(5)17-20(18,19)15-9-11(4)10(3)8-14(15)16/h8-9,12-13,17H,6-7,16H2,1-5H3. The van der Waals surface area contributed by atoms with Gasteiger partial charge in [-0.1, -0.05) is 26.7 Å². The summed E-state index contributed by atoms with van der Waals surface area (Å²) in [4.78, 5) is 0.179. The van der Waals surface area contributed by atoms with Gasteiger partial charge in [0.1, 0.15) is 4.90 Å². The van der Waals surface area contributed by atoms with Crippen LogP contribution in [0.3, 0.4) is 0 Å². The van der Waals surface area contributed by atoms with E-state index >= 15 is 0 Å². The lowest BCUT2D eigenvalue weighted by atomic mass is 9.96. The predicted octanol–water partition coefficient (Wildman–Crippen LogP) is 2.99. The van der Waals surface area contributed by atoms with Crippen molar-refractivity contribution in [1.29, 1.82) is 0 Å². The van der Waals surface area contributed by atoms with E-state index in [2.05, 4.69) is 18.6 Å². The fourth-order valence-electron chi connectivity index (χ4n) is 2.44. The smallest absolute Gasteiger partial charge is 0.242 e. The predicted molar refractivity (Wildman–Crippen MR) is 84.2 cm³/mol. The minimum absolute atomic E-state index is 0.101. The van der Waals surface area contributed by atoms with E-state index in [0.717, 1.165) is 24.0 Å². The number of nitrogens with two attached hydrogens (primary N) is 1. The zero-order valence-electron chi connectivity index (χ0n) is 13.0. The molecule has 1 atom stereocenters. The van der Waals surface area contributed by atoms with E-state index in [9.17, 15) is 8.42 Å². The van der Waals surface area contributed by atoms with Gasteiger partial charge in [0.05, 0.1) is 5.69 Å². The molecule has 0 fully saturated rings. The van der Waals surface area contributed by atoms with Crippen molar-refractivity contribution in [3.63, 3.8) is 0 Å². The Bertz CT molecular complexity index is 563. The summed E-state index contributed by atoms with van der Waals surface area (Å²) in [5.74, 6) is 0.331. The normalized spacial score (nSPS) is 13.7. The summed E-state index contributed by atoms with van der Waals surface area (Å²) in [5.41, 5.74) is 8.10. The lowest BCUT2D eigenvalue weighted by molar-refractivity contribution is 0.391. The Kier molecular flexibility index (Phi) is 5.59. The molecule has 0 spiro atoms. The Morgan fingerprint density at radius 2 is 1.65 bits per heavy atom. The van der Waals surface area contributed by atoms with Crippen molar-refractivity contribution in [3.8, 4) is 0 Å². The van der Waals surface area contributed by atoms with Crippen molar-refractivity contribution in [2.75, 3.05) is 5.73 Å². The van der Waals surface area contributed by atoms with Gasteiger partial charge in [-0.25, -0.2) is 13.1 Å². The third kappa shape index (κ3) is 3.73. The number of hydrogen-bond donors (Lipinski definition) is 2. The van der Waals surface area contributed by atoms with Gasteiger partial charge in [0.2, 0.25) is 10.0 Å². The van der Waals surface area contributed by atoms with Crippen LogP contribution >= 0.6 is 0 Å². The minimum Gasteiger partial charge on any atom is -0.398 e. The highest BCUT2D eigenvalue weighted by molar-refractivity contribution is 7.89. The second kappa shape index (κ2) is 6.59. The van der Waals surface area contributed by atoms with Crippen molar-refractivity contribution in [1.82, 2.24) is 4.72 Å². The third-order valence-corrected chi connectivity index (χ3v) is 5.63. The van der Waals surface area contributed by atoms with Crippen LogP contribution in [0.5, 0.6) is 0 Å². The highest BCUT2D eigenvalue weighted by atomic mass is 32.2. The lowest BCUT2D eigenvalue weighted by Gasteiger charge is -2.23. The molecule has 1 unspecified atom stereocenters. The molecule has 0 aliphatic rings. The van der Waals surface area contributed by atoms with Crippen molar-refractivity contribution in [2.24, 2.45) is 5.92 Å². The first-order valence-electron chi connectivity index (χ1n) is 7.12. The molecule has 1 aromatic rings. The summed E-state index contributed by atoms with van der Waals surface area (Å²) in [6.45, 7) is 9.86. The molecule has 0 radical (unpaired) electrons. The first-order valence-corrected chi connectivity index (χ1v) is 8.60. The molecular weight excluding hydrogens is 272 g/mol. The fraction of sp³-hybridized carbons (Fsp3) is 0.600. The Labute approximate surface area is 122 Å². The van der Waals surface area contributed by atoms with Crippen molar-refractivity contribution in [3.05, 3.63) is 23.3 Å². The first-order chi connectivity index (χ1) is 9.22. The largest absolute Gasteiger partial charge is 0.398 e. The molecule has 114 valence electrons. The maximum absolute atomic E-state index is 12.5. The van der Waals surface area contributed by atoms with Gasteiger partial charge in [-0.15, -0.1) is 0 Å². The van der Waals surface area contributed by atoms with Gasteiger partial charge in [-0.05, 0) is 49.9 Å². The Morgan fingerprint density at radius 1 is 1.15 bits per heavy atom. The van der Waals surface area contributed by atoms with Crippen molar-refractivity contribution < 1.29 is 8.42 Å². The molecule has 0 aliphatic heterocycles. The van der Waals surface area contributed by atoms with Crippen LogP contribution in [0.1, 0.15) is 44.7 Å². The summed E-state index contributed by atoms with van der Waals surface area (Å²) < 4.78 is 27.7. The molecule has 0 heterocycles. The van der Waals surface area contributed by atoms with Crippen LogP contribution in [0.4, 0.5) is 5.69 Å². The van der Waals surface area contributed by atoms with Gasteiger partial charge in [0, 0.05) is 6.04 Å². The zero-order valence-corrected chi connectivity index (χ0v) is 13.8. The summed E-state index contributed by atoms with van der Waals surface area (Å²) in [5, 5.41) is 0. The molecule has 0 bridgehead atoms. The molecule has 3 N–H and O–H groups in total. The number of rotatable bonds is 6. The Hall–Kier alpha value is -1.07. The molecule has 0 saturated heterocycles. The monoisotopic (exact) mass is 298 g/mol. The maximum Gasteiger partial charge on any atom is 0.242 e. The average Bonchev–Trinajstić information content (AvgIpc) is 2.34. The van der Waals surface area contributed by atoms with Crippen LogP contribution in [0.25, 0.3) is 0 Å².